The molecule has 0 heterocycles. The standard InChI is InChI=1S/C11H13NO.BrH/c12-11(13)10-7-3-5-8-4-1-2-6-9(8)10;/h1-2,4,6,10H,3,5,7H2,(H2,12,13);1H. The van der Waals surface area contributed by atoms with Crippen molar-refractivity contribution in [2.45, 2.75) is 25.2 Å². The van der Waals surface area contributed by atoms with Crippen LogP contribution in [0.2, 0.25) is 0 Å². The van der Waals surface area contributed by atoms with Crippen LogP contribution < -0.4 is 5.73 Å². The summed E-state index contributed by atoms with van der Waals surface area (Å²) in [5.41, 5.74) is 7.77. The molecule has 0 aromatic heterocycles. The highest BCUT2D eigenvalue weighted by Crippen LogP contribution is 2.30. The molecule has 1 unspecified atom stereocenters. The first-order valence-corrected chi connectivity index (χ1v) is 4.66. The van der Waals surface area contributed by atoms with Gasteiger partial charge in [-0.05, 0) is 30.4 Å². The van der Waals surface area contributed by atoms with E-state index in [-0.39, 0.29) is 28.8 Å². The van der Waals surface area contributed by atoms with Crippen LogP contribution in [0.5, 0.6) is 0 Å². The molecule has 2 nitrogen and oxygen atoms in total. The van der Waals surface area contributed by atoms with E-state index < -0.39 is 0 Å². The predicted molar refractivity (Wildman–Crippen MR) is 61.6 cm³/mol. The maximum atomic E-state index is 11.1. The highest BCUT2D eigenvalue weighted by molar-refractivity contribution is 8.93. The van der Waals surface area contributed by atoms with Crippen molar-refractivity contribution in [3.05, 3.63) is 35.4 Å². The SMILES string of the molecule is Br.NC(=O)C1CCCc2ccccc21. The van der Waals surface area contributed by atoms with Crippen LogP contribution in [0.1, 0.15) is 29.9 Å². The Morgan fingerprint density at radius 3 is 2.79 bits per heavy atom. The second-order valence-corrected chi connectivity index (χ2v) is 3.55. The number of hydrogen-bond donors (Lipinski definition) is 1. The van der Waals surface area contributed by atoms with E-state index in [0.29, 0.717) is 0 Å². The van der Waals surface area contributed by atoms with Gasteiger partial charge in [0.15, 0.2) is 0 Å². The van der Waals surface area contributed by atoms with Gasteiger partial charge in [0.05, 0.1) is 5.92 Å². The summed E-state index contributed by atoms with van der Waals surface area (Å²) < 4.78 is 0. The van der Waals surface area contributed by atoms with Gasteiger partial charge in [-0.25, -0.2) is 0 Å². The molecule has 1 atom stereocenters. The first-order valence-electron chi connectivity index (χ1n) is 4.66. The summed E-state index contributed by atoms with van der Waals surface area (Å²) in [6.45, 7) is 0. The van der Waals surface area contributed by atoms with Gasteiger partial charge in [-0.1, -0.05) is 24.3 Å². The molecule has 2 N–H and O–H groups in total. The molecule has 1 amide bonds. The number of aryl methyl sites for hydroxylation is 1. The Morgan fingerprint density at radius 1 is 1.36 bits per heavy atom. The van der Waals surface area contributed by atoms with Gasteiger partial charge in [-0.2, -0.15) is 0 Å². The van der Waals surface area contributed by atoms with Crippen molar-refractivity contribution in [1.82, 2.24) is 0 Å². The van der Waals surface area contributed by atoms with E-state index in [0.717, 1.165) is 24.8 Å². The number of rotatable bonds is 1. The molecule has 0 saturated carbocycles. The second-order valence-electron chi connectivity index (χ2n) is 3.55. The summed E-state index contributed by atoms with van der Waals surface area (Å²) in [5, 5.41) is 0. The Labute approximate surface area is 94.3 Å². The molecule has 1 aliphatic carbocycles. The van der Waals surface area contributed by atoms with E-state index >= 15 is 0 Å². The van der Waals surface area contributed by atoms with Crippen molar-refractivity contribution in [3.8, 4) is 0 Å². The molecule has 3 heteroatoms. The van der Waals surface area contributed by atoms with Gasteiger partial charge in [0, 0.05) is 0 Å². The molecule has 1 aromatic carbocycles. The normalized spacial score (nSPS) is 19.3. The van der Waals surface area contributed by atoms with Gasteiger partial charge in [0.1, 0.15) is 0 Å². The summed E-state index contributed by atoms with van der Waals surface area (Å²) in [7, 11) is 0. The van der Waals surface area contributed by atoms with Crippen molar-refractivity contribution in [2.75, 3.05) is 0 Å². The zero-order chi connectivity index (χ0) is 9.26. The smallest absolute Gasteiger partial charge is 0.224 e. The van der Waals surface area contributed by atoms with E-state index in [1.807, 2.05) is 18.2 Å². The van der Waals surface area contributed by atoms with E-state index in [4.69, 9.17) is 5.73 Å². The number of carbonyl (C=O) groups is 1. The average Bonchev–Trinajstić information content (AvgIpc) is 2.17. The third-order valence-electron chi connectivity index (χ3n) is 2.71. The van der Waals surface area contributed by atoms with E-state index in [9.17, 15) is 4.79 Å². The zero-order valence-corrected chi connectivity index (χ0v) is 9.61. The molecule has 14 heavy (non-hydrogen) atoms. The van der Waals surface area contributed by atoms with Crippen molar-refractivity contribution >= 4 is 22.9 Å². The minimum Gasteiger partial charge on any atom is -0.369 e. The van der Waals surface area contributed by atoms with Gasteiger partial charge in [-0.15, -0.1) is 17.0 Å². The Balaban J connectivity index is 0.000000980. The second kappa shape index (κ2) is 4.60. The Hall–Kier alpha value is -0.830. The van der Waals surface area contributed by atoms with Crippen molar-refractivity contribution in [1.29, 1.82) is 0 Å². The molecule has 2 rings (SSSR count). The maximum absolute atomic E-state index is 11.1. The van der Waals surface area contributed by atoms with Gasteiger partial charge in [-0.3, -0.25) is 4.79 Å². The molecular formula is C11H14BrNO. The van der Waals surface area contributed by atoms with Crippen molar-refractivity contribution in [2.24, 2.45) is 5.73 Å². The monoisotopic (exact) mass is 255 g/mol. The van der Waals surface area contributed by atoms with Crippen LogP contribution in [-0.2, 0) is 11.2 Å². The minimum absolute atomic E-state index is 0. The topological polar surface area (TPSA) is 43.1 Å². The largest absolute Gasteiger partial charge is 0.369 e. The summed E-state index contributed by atoms with van der Waals surface area (Å²) in [4.78, 5) is 11.1. The van der Waals surface area contributed by atoms with Crippen molar-refractivity contribution < 1.29 is 4.79 Å². The summed E-state index contributed by atoms with van der Waals surface area (Å²) in [6.07, 6.45) is 3.07. The van der Waals surface area contributed by atoms with E-state index in [2.05, 4.69) is 6.07 Å². The van der Waals surface area contributed by atoms with Gasteiger partial charge < -0.3 is 5.73 Å². The number of primary amides is 1. The van der Waals surface area contributed by atoms with E-state index in [1.165, 1.54) is 5.56 Å². The lowest BCUT2D eigenvalue weighted by Gasteiger charge is -2.22. The quantitative estimate of drug-likeness (QED) is 0.822. The molecule has 76 valence electrons. The Morgan fingerprint density at radius 2 is 2.07 bits per heavy atom. The van der Waals surface area contributed by atoms with Crippen LogP contribution >= 0.6 is 17.0 Å². The van der Waals surface area contributed by atoms with Crippen molar-refractivity contribution in [3.63, 3.8) is 0 Å². The molecule has 1 aliphatic rings. The number of amides is 1. The minimum atomic E-state index is -0.188. The van der Waals surface area contributed by atoms with Crippen LogP contribution in [0.3, 0.4) is 0 Å². The van der Waals surface area contributed by atoms with Crippen LogP contribution in [0.15, 0.2) is 24.3 Å². The van der Waals surface area contributed by atoms with Crippen LogP contribution in [0.25, 0.3) is 0 Å². The first kappa shape index (κ1) is 11.2. The number of fused-ring (bicyclic) bond motifs is 1. The van der Waals surface area contributed by atoms with Gasteiger partial charge in [0.25, 0.3) is 0 Å². The van der Waals surface area contributed by atoms with Gasteiger partial charge >= 0.3 is 0 Å². The molecule has 0 bridgehead atoms. The number of benzene rings is 1. The molecular weight excluding hydrogens is 242 g/mol. The molecule has 0 radical (unpaired) electrons. The summed E-state index contributed by atoms with van der Waals surface area (Å²) in [6, 6.07) is 8.09. The Bertz CT molecular complexity index is 338. The van der Waals surface area contributed by atoms with Crippen LogP contribution in [0.4, 0.5) is 0 Å². The Kier molecular flexibility index (Phi) is 3.69. The number of carbonyl (C=O) groups excluding carboxylic acids is 1. The third kappa shape index (κ3) is 1.98. The average molecular weight is 256 g/mol. The van der Waals surface area contributed by atoms with E-state index in [1.54, 1.807) is 0 Å². The fourth-order valence-corrected chi connectivity index (χ4v) is 2.05. The number of hydrogen-bond acceptors (Lipinski definition) is 1. The van der Waals surface area contributed by atoms with Gasteiger partial charge in [0.2, 0.25) is 5.91 Å². The fraction of sp³-hybridized carbons (Fsp3) is 0.364. The summed E-state index contributed by atoms with van der Waals surface area (Å²) in [5.74, 6) is -0.239. The van der Waals surface area contributed by atoms with Crippen LogP contribution in [0, 0.1) is 0 Å². The highest BCUT2D eigenvalue weighted by Gasteiger charge is 2.23. The predicted octanol–water partition coefficient (Wildman–Crippen LogP) is 2.17. The molecule has 0 saturated heterocycles. The highest BCUT2D eigenvalue weighted by atomic mass is 79.9. The first-order chi connectivity index (χ1) is 6.29. The lowest BCUT2D eigenvalue weighted by Crippen LogP contribution is -2.24. The molecule has 0 aliphatic heterocycles. The molecule has 0 fully saturated rings. The number of halogens is 1. The lowest BCUT2D eigenvalue weighted by atomic mass is 9.82. The molecule has 0 spiro atoms. The van der Waals surface area contributed by atoms with Crippen LogP contribution in [-0.4, -0.2) is 5.91 Å². The zero-order valence-electron chi connectivity index (χ0n) is 7.90. The third-order valence-corrected chi connectivity index (χ3v) is 2.71. The number of nitrogens with two attached hydrogens (primary N) is 1. The maximum Gasteiger partial charge on any atom is 0.224 e. The lowest BCUT2D eigenvalue weighted by molar-refractivity contribution is -0.119. The molecule has 1 aromatic rings. The fourth-order valence-electron chi connectivity index (χ4n) is 2.05. The summed E-state index contributed by atoms with van der Waals surface area (Å²) >= 11 is 0.